The molecule has 128 valence electrons. The Morgan fingerprint density at radius 1 is 1.12 bits per heavy atom. The molecule has 0 saturated carbocycles. The summed E-state index contributed by atoms with van der Waals surface area (Å²) in [6.45, 7) is 5.70. The first kappa shape index (κ1) is 17.9. The van der Waals surface area contributed by atoms with Gasteiger partial charge in [-0.05, 0) is 44.3 Å². The van der Waals surface area contributed by atoms with Gasteiger partial charge in [0.2, 0.25) is 0 Å². The van der Waals surface area contributed by atoms with Crippen molar-refractivity contribution in [2.24, 2.45) is 0 Å². The van der Waals surface area contributed by atoms with Crippen molar-refractivity contribution in [3.8, 4) is 5.75 Å². The number of carbonyl (C=O) groups excluding carboxylic acids is 2. The summed E-state index contributed by atoms with van der Waals surface area (Å²) < 4.78 is 0. The van der Waals surface area contributed by atoms with Crippen LogP contribution in [0.4, 0.5) is 5.69 Å². The van der Waals surface area contributed by atoms with Crippen LogP contribution in [0, 0.1) is 0 Å². The largest absolute Gasteiger partial charge is 0.507 e. The predicted octanol–water partition coefficient (Wildman–Crippen LogP) is 1.84. The van der Waals surface area contributed by atoms with Crippen molar-refractivity contribution in [3.05, 3.63) is 29.3 Å². The summed E-state index contributed by atoms with van der Waals surface area (Å²) in [5.74, 6) is -0.934. The predicted molar refractivity (Wildman–Crippen MR) is 97.8 cm³/mol. The van der Waals surface area contributed by atoms with Crippen molar-refractivity contribution >= 4 is 40.9 Å². The summed E-state index contributed by atoms with van der Waals surface area (Å²) >= 11 is 5.05. The van der Waals surface area contributed by atoms with Crippen LogP contribution in [0.3, 0.4) is 0 Å². The minimum Gasteiger partial charge on any atom is -0.507 e. The summed E-state index contributed by atoms with van der Waals surface area (Å²) in [7, 11) is 3.04. The van der Waals surface area contributed by atoms with Gasteiger partial charge in [0.05, 0.1) is 0 Å². The van der Waals surface area contributed by atoms with Crippen LogP contribution < -0.4 is 4.90 Å². The van der Waals surface area contributed by atoms with Gasteiger partial charge in [-0.25, -0.2) is 0 Å². The number of hydrogen-bond donors (Lipinski definition) is 1. The number of likely N-dealkylation sites (N-methyl/N-ethyl adjacent to an activating group) is 2. The highest BCUT2D eigenvalue weighted by molar-refractivity contribution is 7.80. The maximum atomic E-state index is 12.3. The van der Waals surface area contributed by atoms with E-state index in [-0.39, 0.29) is 16.4 Å². The van der Waals surface area contributed by atoms with E-state index in [9.17, 15) is 14.7 Å². The Morgan fingerprint density at radius 2 is 1.67 bits per heavy atom. The lowest BCUT2D eigenvalue weighted by atomic mass is 10.1. The molecule has 0 spiro atoms. The molecule has 0 bridgehead atoms. The number of aromatic hydroxyl groups is 1. The van der Waals surface area contributed by atoms with Crippen LogP contribution in [0.1, 0.15) is 19.4 Å². The number of hydrogen-bond acceptors (Lipinski definition) is 5. The van der Waals surface area contributed by atoms with Gasteiger partial charge in [0.25, 0.3) is 11.8 Å². The average molecular weight is 347 g/mol. The summed E-state index contributed by atoms with van der Waals surface area (Å²) in [6.07, 6.45) is 1.40. The van der Waals surface area contributed by atoms with E-state index in [4.69, 9.17) is 12.2 Å². The van der Waals surface area contributed by atoms with Crippen LogP contribution in [-0.2, 0) is 9.59 Å². The monoisotopic (exact) mass is 347 g/mol. The molecular weight excluding hydrogens is 326 g/mol. The summed E-state index contributed by atoms with van der Waals surface area (Å²) in [4.78, 5) is 29.2. The molecule has 1 N–H and O–H groups in total. The number of nitrogens with zero attached hydrogens (tertiary/aromatic N) is 3. The molecule has 1 aliphatic heterocycles. The SMILES string of the molecule is CCN(CC)c1ccc(C=C2C(=O)N(C)C(=S)N(C)C2=O)c(O)c1. The summed E-state index contributed by atoms with van der Waals surface area (Å²) in [6, 6.07) is 5.19. The quantitative estimate of drug-likeness (QED) is 0.511. The molecular formula is C17H21N3O3S. The molecule has 1 fully saturated rings. The molecule has 1 aromatic rings. The Bertz CT molecular complexity index is 700. The second-order valence-corrected chi connectivity index (χ2v) is 5.85. The van der Waals surface area contributed by atoms with E-state index in [0.29, 0.717) is 5.56 Å². The normalized spacial score (nSPS) is 15.2. The van der Waals surface area contributed by atoms with Crippen LogP contribution in [0.15, 0.2) is 23.8 Å². The lowest BCUT2D eigenvalue weighted by molar-refractivity contribution is -0.132. The number of anilines is 1. The van der Waals surface area contributed by atoms with Crippen LogP contribution in [0.2, 0.25) is 0 Å². The van der Waals surface area contributed by atoms with Crippen LogP contribution >= 0.6 is 12.2 Å². The Labute approximate surface area is 147 Å². The molecule has 1 saturated heterocycles. The van der Waals surface area contributed by atoms with Crippen LogP contribution in [-0.4, -0.2) is 59.0 Å². The lowest BCUT2D eigenvalue weighted by Gasteiger charge is -2.31. The Balaban J connectivity index is 2.42. The Morgan fingerprint density at radius 3 is 2.12 bits per heavy atom. The minimum absolute atomic E-state index is 0.0194. The smallest absolute Gasteiger partial charge is 0.265 e. The molecule has 0 aliphatic carbocycles. The molecule has 0 radical (unpaired) electrons. The van der Waals surface area contributed by atoms with Gasteiger partial charge in [-0.1, -0.05) is 0 Å². The van der Waals surface area contributed by atoms with Gasteiger partial charge in [-0.15, -0.1) is 0 Å². The van der Waals surface area contributed by atoms with Gasteiger partial charge < -0.3 is 10.0 Å². The molecule has 0 atom stereocenters. The molecule has 2 amide bonds. The molecule has 2 rings (SSSR count). The summed E-state index contributed by atoms with van der Waals surface area (Å²) in [5, 5.41) is 10.4. The van der Waals surface area contributed by atoms with Crippen LogP contribution in [0.25, 0.3) is 6.08 Å². The van der Waals surface area contributed by atoms with E-state index in [1.54, 1.807) is 12.1 Å². The van der Waals surface area contributed by atoms with E-state index >= 15 is 0 Å². The van der Waals surface area contributed by atoms with Crippen molar-refractivity contribution < 1.29 is 14.7 Å². The molecule has 7 heteroatoms. The van der Waals surface area contributed by atoms with E-state index in [1.807, 2.05) is 19.9 Å². The number of thiocarbonyl (C=S) groups is 1. The highest BCUT2D eigenvalue weighted by Gasteiger charge is 2.35. The average Bonchev–Trinajstić information content (AvgIpc) is 2.58. The molecule has 1 aromatic carbocycles. The van der Waals surface area contributed by atoms with E-state index in [2.05, 4.69) is 4.90 Å². The number of carbonyl (C=O) groups is 2. The number of phenolic OH excluding ortho intramolecular Hbond substituents is 1. The molecule has 24 heavy (non-hydrogen) atoms. The molecule has 6 nitrogen and oxygen atoms in total. The maximum Gasteiger partial charge on any atom is 0.265 e. The van der Waals surface area contributed by atoms with Crippen molar-refractivity contribution in [2.45, 2.75) is 13.8 Å². The second-order valence-electron chi connectivity index (χ2n) is 5.48. The lowest BCUT2D eigenvalue weighted by Crippen LogP contribution is -2.52. The highest BCUT2D eigenvalue weighted by Crippen LogP contribution is 2.28. The first-order chi connectivity index (χ1) is 11.3. The standard InChI is InChI=1S/C17H21N3O3S/c1-5-20(6-2)12-8-7-11(14(21)10-12)9-13-15(22)18(3)17(24)19(4)16(13)23/h7-10,21H,5-6H2,1-4H3. The zero-order valence-corrected chi connectivity index (χ0v) is 15.1. The fourth-order valence-corrected chi connectivity index (χ4v) is 2.74. The Kier molecular flexibility index (Phi) is 5.23. The Hall–Kier alpha value is -2.41. The summed E-state index contributed by atoms with van der Waals surface area (Å²) in [5.41, 5.74) is 1.27. The van der Waals surface area contributed by atoms with E-state index in [0.717, 1.165) is 18.8 Å². The minimum atomic E-state index is -0.477. The van der Waals surface area contributed by atoms with E-state index in [1.165, 1.54) is 30.0 Å². The van der Waals surface area contributed by atoms with Gasteiger partial charge in [0.15, 0.2) is 5.11 Å². The molecule has 1 aliphatic rings. The van der Waals surface area contributed by atoms with Gasteiger partial charge >= 0.3 is 0 Å². The topological polar surface area (TPSA) is 64.1 Å². The fourth-order valence-electron chi connectivity index (χ4n) is 2.57. The second kappa shape index (κ2) is 7.00. The van der Waals surface area contributed by atoms with Gasteiger partial charge in [-0.2, -0.15) is 0 Å². The zero-order valence-electron chi connectivity index (χ0n) is 14.2. The third-order valence-electron chi connectivity index (χ3n) is 4.09. The third kappa shape index (κ3) is 3.12. The third-order valence-corrected chi connectivity index (χ3v) is 4.63. The van der Waals surface area contributed by atoms with Gasteiger partial charge in [0, 0.05) is 44.5 Å². The van der Waals surface area contributed by atoms with Crippen molar-refractivity contribution in [3.63, 3.8) is 0 Å². The number of amides is 2. The van der Waals surface area contributed by atoms with Gasteiger partial charge in [-0.3, -0.25) is 19.4 Å². The number of phenols is 1. The number of benzene rings is 1. The molecule has 0 unspecified atom stereocenters. The molecule has 1 heterocycles. The van der Waals surface area contributed by atoms with Crippen molar-refractivity contribution in [1.29, 1.82) is 0 Å². The fraction of sp³-hybridized carbons (Fsp3) is 0.353. The van der Waals surface area contributed by atoms with Gasteiger partial charge in [0.1, 0.15) is 11.3 Å². The van der Waals surface area contributed by atoms with Crippen molar-refractivity contribution in [2.75, 3.05) is 32.1 Å². The first-order valence-corrected chi connectivity index (χ1v) is 8.12. The highest BCUT2D eigenvalue weighted by atomic mass is 32.1. The van der Waals surface area contributed by atoms with Crippen LogP contribution in [0.5, 0.6) is 5.75 Å². The maximum absolute atomic E-state index is 12.3. The first-order valence-electron chi connectivity index (χ1n) is 7.71. The van der Waals surface area contributed by atoms with E-state index < -0.39 is 11.8 Å². The molecule has 0 aromatic heterocycles. The number of rotatable bonds is 4. The van der Waals surface area contributed by atoms with Crippen molar-refractivity contribution in [1.82, 2.24) is 9.80 Å². The zero-order chi connectivity index (χ0) is 18.0.